The number of fused-ring (bicyclic) bond motifs is 1. The molecule has 4 N–H and O–H groups in total. The Balaban J connectivity index is 1.54. The lowest BCUT2D eigenvalue weighted by Gasteiger charge is -2.31. The first-order valence-electron chi connectivity index (χ1n) is 7.86. The quantitative estimate of drug-likeness (QED) is 0.741. The van der Waals surface area contributed by atoms with Gasteiger partial charge in [-0.1, -0.05) is 12.1 Å². The van der Waals surface area contributed by atoms with Gasteiger partial charge in [0, 0.05) is 22.8 Å². The van der Waals surface area contributed by atoms with Crippen molar-refractivity contribution in [3.05, 3.63) is 46.2 Å². The average Bonchev–Trinajstić information content (AvgIpc) is 3.07. The van der Waals surface area contributed by atoms with Gasteiger partial charge in [0.15, 0.2) is 0 Å². The van der Waals surface area contributed by atoms with Gasteiger partial charge in [0.2, 0.25) is 5.91 Å². The summed E-state index contributed by atoms with van der Waals surface area (Å²) in [5.41, 5.74) is 8.83. The van der Waals surface area contributed by atoms with Crippen LogP contribution in [0.1, 0.15) is 16.9 Å². The summed E-state index contributed by atoms with van der Waals surface area (Å²) in [6.45, 7) is 1.34. The minimum absolute atomic E-state index is 0.142. The van der Waals surface area contributed by atoms with Crippen LogP contribution in [0.3, 0.4) is 0 Å². The number of rotatable bonds is 4. The van der Waals surface area contributed by atoms with E-state index in [9.17, 15) is 9.59 Å². The van der Waals surface area contributed by atoms with Crippen LogP contribution in [0, 0.1) is 0 Å². The first-order chi connectivity index (χ1) is 11.6. The second-order valence-electron chi connectivity index (χ2n) is 5.68. The zero-order valence-electron chi connectivity index (χ0n) is 13.2. The van der Waals surface area contributed by atoms with Crippen LogP contribution in [-0.4, -0.2) is 25.0 Å². The number of carbonyl (C=O) groups excluding carboxylic acids is 2. The first kappa shape index (κ1) is 16.3. The van der Waals surface area contributed by atoms with Crippen LogP contribution in [0.2, 0.25) is 0 Å². The predicted molar refractivity (Wildman–Crippen MR) is 96.1 cm³/mol. The summed E-state index contributed by atoms with van der Waals surface area (Å²) >= 11 is 1.56. The number of urea groups is 1. The molecule has 0 bridgehead atoms. The summed E-state index contributed by atoms with van der Waals surface area (Å²) in [7, 11) is 0. The molecule has 0 fully saturated rings. The van der Waals surface area contributed by atoms with E-state index in [-0.39, 0.29) is 12.5 Å². The van der Waals surface area contributed by atoms with Crippen molar-refractivity contribution in [3.63, 3.8) is 0 Å². The number of nitrogens with two attached hydrogens (primary N) is 1. The van der Waals surface area contributed by atoms with Crippen molar-refractivity contribution in [2.45, 2.75) is 19.4 Å². The Bertz CT molecular complexity index is 730. The second kappa shape index (κ2) is 7.35. The maximum atomic E-state index is 12.1. The lowest BCUT2D eigenvalue weighted by atomic mass is 10.00. The molecular weight excluding hydrogens is 324 g/mol. The van der Waals surface area contributed by atoms with Crippen LogP contribution in [0.15, 0.2) is 35.7 Å². The predicted octanol–water partition coefficient (Wildman–Crippen LogP) is 2.11. The summed E-state index contributed by atoms with van der Waals surface area (Å²) in [4.78, 5) is 27.0. The molecule has 1 aromatic heterocycles. The van der Waals surface area contributed by atoms with Crippen molar-refractivity contribution < 1.29 is 9.59 Å². The highest BCUT2D eigenvalue weighted by Crippen LogP contribution is 2.30. The second-order valence-corrected chi connectivity index (χ2v) is 6.71. The Morgan fingerprint density at radius 1 is 1.25 bits per heavy atom. The topological polar surface area (TPSA) is 87.5 Å². The van der Waals surface area contributed by atoms with Gasteiger partial charge in [-0.3, -0.25) is 10.1 Å². The third kappa shape index (κ3) is 3.86. The van der Waals surface area contributed by atoms with Crippen molar-refractivity contribution >= 4 is 34.6 Å². The minimum Gasteiger partial charge on any atom is -0.398 e. The fraction of sp³-hybridized carbons (Fsp3) is 0.294. The summed E-state index contributed by atoms with van der Waals surface area (Å²) < 4.78 is 0. The molecule has 0 atom stereocenters. The highest BCUT2D eigenvalue weighted by molar-refractivity contribution is 7.09. The number of hydrogen-bond donors (Lipinski definition) is 3. The molecule has 0 saturated carbocycles. The van der Waals surface area contributed by atoms with Gasteiger partial charge in [0.05, 0.1) is 13.1 Å². The zero-order valence-corrected chi connectivity index (χ0v) is 14.1. The van der Waals surface area contributed by atoms with E-state index in [0.717, 1.165) is 41.2 Å². The summed E-state index contributed by atoms with van der Waals surface area (Å²) in [5.74, 6) is -0.325. The maximum absolute atomic E-state index is 12.1. The van der Waals surface area contributed by atoms with E-state index >= 15 is 0 Å². The van der Waals surface area contributed by atoms with Crippen LogP contribution < -0.4 is 21.3 Å². The molecule has 3 rings (SSSR count). The van der Waals surface area contributed by atoms with Gasteiger partial charge in [-0.05, 0) is 42.0 Å². The highest BCUT2D eigenvalue weighted by Gasteiger charge is 2.21. The molecule has 0 saturated heterocycles. The third-order valence-corrected chi connectivity index (χ3v) is 4.85. The number of anilines is 2. The number of nitrogen functional groups attached to an aromatic ring is 1. The number of thiophene rings is 1. The van der Waals surface area contributed by atoms with Gasteiger partial charge in [0.25, 0.3) is 0 Å². The summed E-state index contributed by atoms with van der Waals surface area (Å²) in [6, 6.07) is 9.11. The van der Waals surface area contributed by atoms with Crippen LogP contribution in [0.4, 0.5) is 16.2 Å². The molecule has 0 unspecified atom stereocenters. The molecule has 24 heavy (non-hydrogen) atoms. The lowest BCUT2D eigenvalue weighted by molar-refractivity contribution is -0.118. The number of benzene rings is 1. The van der Waals surface area contributed by atoms with E-state index in [0.29, 0.717) is 6.54 Å². The van der Waals surface area contributed by atoms with Crippen molar-refractivity contribution in [3.8, 4) is 0 Å². The monoisotopic (exact) mass is 344 g/mol. The lowest BCUT2D eigenvalue weighted by Crippen LogP contribution is -2.45. The maximum Gasteiger partial charge on any atom is 0.321 e. The van der Waals surface area contributed by atoms with E-state index in [1.54, 1.807) is 11.3 Å². The number of nitrogens with zero attached hydrogens (tertiary/aromatic N) is 1. The first-order valence-corrected chi connectivity index (χ1v) is 8.74. The summed E-state index contributed by atoms with van der Waals surface area (Å²) in [5, 5.41) is 7.00. The van der Waals surface area contributed by atoms with E-state index in [1.807, 2.05) is 40.6 Å². The van der Waals surface area contributed by atoms with Gasteiger partial charge in [-0.15, -0.1) is 11.3 Å². The third-order valence-electron chi connectivity index (χ3n) is 3.97. The smallest absolute Gasteiger partial charge is 0.321 e. The SMILES string of the molecule is Nc1cccc2c1CCCN2CC(=O)NC(=O)NCc1cccs1. The van der Waals surface area contributed by atoms with Crippen molar-refractivity contribution in [2.75, 3.05) is 23.7 Å². The fourth-order valence-electron chi connectivity index (χ4n) is 2.86. The van der Waals surface area contributed by atoms with Crippen LogP contribution in [0.5, 0.6) is 0 Å². The molecule has 2 aromatic rings. The van der Waals surface area contributed by atoms with Crippen molar-refractivity contribution in [2.24, 2.45) is 0 Å². The Hall–Kier alpha value is -2.54. The van der Waals surface area contributed by atoms with Crippen molar-refractivity contribution in [1.82, 2.24) is 10.6 Å². The van der Waals surface area contributed by atoms with Crippen LogP contribution in [-0.2, 0) is 17.8 Å². The molecule has 6 nitrogen and oxygen atoms in total. The standard InChI is InChI=1S/C17H20N4O2S/c18-14-6-1-7-15-13(14)5-2-8-21(15)11-16(22)20-17(23)19-10-12-4-3-9-24-12/h1,3-4,6-7,9H,2,5,8,10-11,18H2,(H2,19,20,22,23). The molecule has 1 aliphatic heterocycles. The van der Waals surface area contributed by atoms with E-state index in [1.165, 1.54) is 0 Å². The summed E-state index contributed by atoms with van der Waals surface area (Å²) in [6.07, 6.45) is 1.86. The highest BCUT2D eigenvalue weighted by atomic mass is 32.1. The number of amides is 3. The Labute approximate surface area is 144 Å². The van der Waals surface area contributed by atoms with Crippen LogP contribution in [0.25, 0.3) is 0 Å². The Kier molecular flexibility index (Phi) is 5.00. The molecular formula is C17H20N4O2S. The molecule has 0 aliphatic carbocycles. The Morgan fingerprint density at radius 2 is 2.12 bits per heavy atom. The van der Waals surface area contributed by atoms with Gasteiger partial charge in [-0.2, -0.15) is 0 Å². The molecule has 7 heteroatoms. The number of hydrogen-bond acceptors (Lipinski definition) is 5. The number of nitrogens with one attached hydrogen (secondary N) is 2. The molecule has 1 aromatic carbocycles. The van der Waals surface area contributed by atoms with E-state index in [4.69, 9.17) is 5.73 Å². The van der Waals surface area contributed by atoms with E-state index in [2.05, 4.69) is 10.6 Å². The molecule has 1 aliphatic rings. The largest absolute Gasteiger partial charge is 0.398 e. The van der Waals surface area contributed by atoms with E-state index < -0.39 is 6.03 Å². The number of imide groups is 1. The van der Waals surface area contributed by atoms with Gasteiger partial charge in [0.1, 0.15) is 0 Å². The van der Waals surface area contributed by atoms with Crippen LogP contribution >= 0.6 is 11.3 Å². The normalized spacial score (nSPS) is 13.2. The zero-order chi connectivity index (χ0) is 16.9. The Morgan fingerprint density at radius 3 is 2.92 bits per heavy atom. The fourth-order valence-corrected chi connectivity index (χ4v) is 3.50. The minimum atomic E-state index is -0.474. The van der Waals surface area contributed by atoms with Gasteiger partial charge >= 0.3 is 6.03 Å². The average molecular weight is 344 g/mol. The van der Waals surface area contributed by atoms with Crippen molar-refractivity contribution in [1.29, 1.82) is 0 Å². The molecule has 0 radical (unpaired) electrons. The molecule has 3 amide bonds. The van der Waals surface area contributed by atoms with Gasteiger partial charge in [-0.25, -0.2) is 4.79 Å². The molecule has 0 spiro atoms. The number of carbonyl (C=O) groups is 2. The van der Waals surface area contributed by atoms with Gasteiger partial charge < -0.3 is 16.0 Å². The molecule has 126 valence electrons. The molecule has 2 heterocycles.